The smallest absolute Gasteiger partial charge is 0.261 e. The van der Waals surface area contributed by atoms with Crippen LogP contribution in [0.1, 0.15) is 27.9 Å². The van der Waals surface area contributed by atoms with Gasteiger partial charge in [-0.05, 0) is 25.0 Å². The van der Waals surface area contributed by atoms with E-state index in [0.717, 1.165) is 12.8 Å². The molecule has 0 bridgehead atoms. The van der Waals surface area contributed by atoms with Gasteiger partial charge in [0, 0.05) is 11.5 Å². The maximum atomic E-state index is 12.2. The molecule has 1 aliphatic heterocycles. The Bertz CT molecular complexity index is 435. The van der Waals surface area contributed by atoms with Crippen molar-refractivity contribution in [1.82, 2.24) is 5.32 Å². The zero-order valence-electron chi connectivity index (χ0n) is 11.6. The number of rotatable bonds is 6. The van der Waals surface area contributed by atoms with Gasteiger partial charge in [0.1, 0.15) is 0 Å². The summed E-state index contributed by atoms with van der Waals surface area (Å²) in [4.78, 5) is 14.1. The molecule has 2 rings (SSSR count). The lowest BCUT2D eigenvalue weighted by molar-refractivity contribution is -0.0612. The van der Waals surface area contributed by atoms with Gasteiger partial charge < -0.3 is 19.9 Å². The fourth-order valence-corrected chi connectivity index (χ4v) is 3.04. The number of aliphatic hydroxyl groups is 1. The van der Waals surface area contributed by atoms with Gasteiger partial charge >= 0.3 is 0 Å². The Morgan fingerprint density at radius 1 is 1.60 bits per heavy atom. The summed E-state index contributed by atoms with van der Waals surface area (Å²) >= 11 is 1.51. The molecular formula is C14H21NO4S. The van der Waals surface area contributed by atoms with Crippen LogP contribution in [0, 0.1) is 0 Å². The van der Waals surface area contributed by atoms with Crippen LogP contribution >= 0.6 is 11.3 Å². The molecule has 0 spiro atoms. The van der Waals surface area contributed by atoms with E-state index >= 15 is 0 Å². The molecule has 2 N–H and O–H groups in total. The SMILES string of the molecule is CCc1ccc(C(=O)N[C@@H]2COCC[C@@H]2OCCO)s1. The van der Waals surface area contributed by atoms with Crippen molar-refractivity contribution < 1.29 is 19.4 Å². The molecule has 0 unspecified atom stereocenters. The summed E-state index contributed by atoms with van der Waals surface area (Å²) in [6, 6.07) is 3.68. The fourth-order valence-electron chi connectivity index (χ4n) is 2.19. The van der Waals surface area contributed by atoms with Crippen molar-refractivity contribution in [3.05, 3.63) is 21.9 Å². The Balaban J connectivity index is 1.93. The molecule has 1 amide bonds. The number of aliphatic hydroxyl groups excluding tert-OH is 1. The Labute approximate surface area is 122 Å². The number of ether oxygens (including phenoxy) is 2. The standard InChI is InChI=1S/C14H21NO4S/c1-2-10-3-4-13(20-10)14(17)15-11-9-18-7-5-12(11)19-8-6-16/h3-4,11-12,16H,2,5-9H2,1H3,(H,15,17)/t11-,12+/m1/s1. The first-order chi connectivity index (χ1) is 9.74. The second-order valence-electron chi connectivity index (χ2n) is 4.70. The molecule has 1 saturated heterocycles. The van der Waals surface area contributed by atoms with Gasteiger partial charge in [-0.3, -0.25) is 4.79 Å². The highest BCUT2D eigenvalue weighted by molar-refractivity contribution is 7.14. The predicted molar refractivity (Wildman–Crippen MR) is 77.2 cm³/mol. The van der Waals surface area contributed by atoms with Crippen LogP contribution in [0.3, 0.4) is 0 Å². The lowest BCUT2D eigenvalue weighted by Crippen LogP contribution is -2.50. The number of thiophene rings is 1. The number of amides is 1. The highest BCUT2D eigenvalue weighted by Gasteiger charge is 2.28. The van der Waals surface area contributed by atoms with Gasteiger partial charge in [-0.15, -0.1) is 11.3 Å². The summed E-state index contributed by atoms with van der Waals surface area (Å²) < 4.78 is 11.0. The van der Waals surface area contributed by atoms with E-state index < -0.39 is 0 Å². The molecule has 0 aromatic carbocycles. The van der Waals surface area contributed by atoms with Gasteiger partial charge in [-0.25, -0.2) is 0 Å². The summed E-state index contributed by atoms with van der Waals surface area (Å²) in [5.41, 5.74) is 0. The molecule has 2 heterocycles. The van der Waals surface area contributed by atoms with E-state index in [1.807, 2.05) is 12.1 Å². The zero-order valence-corrected chi connectivity index (χ0v) is 12.4. The van der Waals surface area contributed by atoms with Crippen molar-refractivity contribution in [2.24, 2.45) is 0 Å². The molecule has 0 saturated carbocycles. The van der Waals surface area contributed by atoms with Crippen molar-refractivity contribution in [3.8, 4) is 0 Å². The van der Waals surface area contributed by atoms with Crippen LogP contribution in [0.25, 0.3) is 0 Å². The Morgan fingerprint density at radius 2 is 2.45 bits per heavy atom. The Kier molecular flexibility index (Phi) is 5.97. The predicted octanol–water partition coefficient (Wildman–Crippen LogP) is 1.21. The lowest BCUT2D eigenvalue weighted by atomic mass is 10.1. The minimum Gasteiger partial charge on any atom is -0.394 e. The van der Waals surface area contributed by atoms with Crippen LogP contribution < -0.4 is 5.32 Å². The molecule has 112 valence electrons. The Morgan fingerprint density at radius 3 is 3.15 bits per heavy atom. The molecule has 6 heteroatoms. The van der Waals surface area contributed by atoms with Gasteiger partial charge in [-0.2, -0.15) is 0 Å². The number of hydrogen-bond acceptors (Lipinski definition) is 5. The summed E-state index contributed by atoms with van der Waals surface area (Å²) in [6.45, 7) is 3.43. The van der Waals surface area contributed by atoms with Crippen LogP contribution in [0.4, 0.5) is 0 Å². The van der Waals surface area contributed by atoms with Crippen LogP contribution in [0.2, 0.25) is 0 Å². The highest BCUT2D eigenvalue weighted by atomic mass is 32.1. The number of hydrogen-bond donors (Lipinski definition) is 2. The number of nitrogens with one attached hydrogen (secondary N) is 1. The minimum atomic E-state index is -0.157. The van der Waals surface area contributed by atoms with E-state index in [0.29, 0.717) is 18.1 Å². The summed E-state index contributed by atoms with van der Waals surface area (Å²) in [5, 5.41) is 11.8. The van der Waals surface area contributed by atoms with E-state index in [1.54, 1.807) is 0 Å². The molecule has 20 heavy (non-hydrogen) atoms. The van der Waals surface area contributed by atoms with Gasteiger partial charge in [-0.1, -0.05) is 6.92 Å². The van der Waals surface area contributed by atoms with E-state index in [4.69, 9.17) is 14.6 Å². The normalized spacial score (nSPS) is 22.7. The molecule has 1 fully saturated rings. The lowest BCUT2D eigenvalue weighted by Gasteiger charge is -2.31. The summed E-state index contributed by atoms with van der Waals surface area (Å²) in [6.07, 6.45) is 1.58. The van der Waals surface area contributed by atoms with Crippen molar-refractivity contribution in [3.63, 3.8) is 0 Å². The average molecular weight is 299 g/mol. The first-order valence-electron chi connectivity index (χ1n) is 6.94. The van der Waals surface area contributed by atoms with E-state index in [1.165, 1.54) is 16.2 Å². The van der Waals surface area contributed by atoms with Gasteiger partial charge in [0.05, 0.1) is 36.8 Å². The zero-order chi connectivity index (χ0) is 14.4. The largest absolute Gasteiger partial charge is 0.394 e. The highest BCUT2D eigenvalue weighted by Crippen LogP contribution is 2.18. The van der Waals surface area contributed by atoms with Crippen LogP contribution in [-0.4, -0.2) is 49.6 Å². The monoisotopic (exact) mass is 299 g/mol. The van der Waals surface area contributed by atoms with Crippen molar-refractivity contribution in [2.75, 3.05) is 26.4 Å². The fraction of sp³-hybridized carbons (Fsp3) is 0.643. The summed E-state index contributed by atoms with van der Waals surface area (Å²) in [5.74, 6) is -0.0807. The maximum Gasteiger partial charge on any atom is 0.261 e. The van der Waals surface area contributed by atoms with Gasteiger partial charge in [0.15, 0.2) is 0 Å². The third-order valence-corrected chi connectivity index (χ3v) is 4.49. The quantitative estimate of drug-likeness (QED) is 0.828. The van der Waals surface area contributed by atoms with E-state index in [9.17, 15) is 4.79 Å². The third kappa shape index (κ3) is 4.02. The minimum absolute atomic E-state index is 0.0111. The molecular weight excluding hydrogens is 278 g/mol. The second-order valence-corrected chi connectivity index (χ2v) is 5.86. The maximum absolute atomic E-state index is 12.2. The van der Waals surface area contributed by atoms with Gasteiger partial charge in [0.25, 0.3) is 5.91 Å². The van der Waals surface area contributed by atoms with E-state index in [2.05, 4.69) is 12.2 Å². The Hall–Kier alpha value is -0.950. The molecule has 5 nitrogen and oxygen atoms in total. The number of carbonyl (C=O) groups is 1. The molecule has 1 aliphatic rings. The van der Waals surface area contributed by atoms with E-state index in [-0.39, 0.29) is 31.3 Å². The second kappa shape index (κ2) is 7.73. The molecule has 0 radical (unpaired) electrons. The first-order valence-corrected chi connectivity index (χ1v) is 7.76. The van der Waals surface area contributed by atoms with Crippen LogP contribution in [0.15, 0.2) is 12.1 Å². The summed E-state index contributed by atoms with van der Waals surface area (Å²) in [7, 11) is 0. The van der Waals surface area contributed by atoms with Crippen molar-refractivity contribution in [1.29, 1.82) is 0 Å². The number of aryl methyl sites for hydroxylation is 1. The van der Waals surface area contributed by atoms with Crippen LogP contribution in [-0.2, 0) is 15.9 Å². The molecule has 0 aliphatic carbocycles. The van der Waals surface area contributed by atoms with Crippen molar-refractivity contribution in [2.45, 2.75) is 31.9 Å². The average Bonchev–Trinajstić information content (AvgIpc) is 2.95. The number of carbonyl (C=O) groups excluding carboxylic acids is 1. The first kappa shape index (κ1) is 15.4. The molecule has 1 aromatic rings. The van der Waals surface area contributed by atoms with Gasteiger partial charge in [0.2, 0.25) is 0 Å². The molecule has 1 aromatic heterocycles. The third-order valence-electron chi connectivity index (χ3n) is 3.27. The topological polar surface area (TPSA) is 67.8 Å². The molecule has 2 atom stereocenters. The van der Waals surface area contributed by atoms with Crippen LogP contribution in [0.5, 0.6) is 0 Å². The van der Waals surface area contributed by atoms with Crippen molar-refractivity contribution >= 4 is 17.2 Å².